The van der Waals surface area contributed by atoms with Gasteiger partial charge in [0.05, 0.1) is 10.5 Å². The summed E-state index contributed by atoms with van der Waals surface area (Å²) in [5, 5.41) is 11.1. The maximum Gasteiger partial charge on any atom is 0.269 e. The minimum Gasteiger partial charge on any atom is -0.374 e. The minimum absolute atomic E-state index is 0.0768. The van der Waals surface area contributed by atoms with E-state index >= 15 is 0 Å². The molecule has 4 heteroatoms. The molecule has 0 spiro atoms. The minimum atomic E-state index is -0.279. The van der Waals surface area contributed by atoms with Crippen molar-refractivity contribution in [2.24, 2.45) is 5.92 Å². The summed E-state index contributed by atoms with van der Waals surface area (Å²) < 4.78 is 6.33. The van der Waals surface area contributed by atoms with Crippen molar-refractivity contribution in [3.63, 3.8) is 0 Å². The average molecular weight is 287 g/mol. The van der Waals surface area contributed by atoms with Crippen LogP contribution in [0.15, 0.2) is 18.2 Å². The van der Waals surface area contributed by atoms with Crippen LogP contribution in [0.5, 0.6) is 0 Å². The first-order chi connectivity index (χ1) is 10.1. The molecule has 2 aliphatic carbocycles. The Balaban J connectivity index is 1.91. The number of nitro groups is 1. The standard InChI is InChI=1S/C17H21NO3/c1-16-13-4-2-7-17(16,8-3-9-21-16)15-6-5-14(18(19)20)11-12(15)10-13/h5-6,11,13H,2-4,7-10H2,1H3/t13-,16+,17-/m1/s1. The topological polar surface area (TPSA) is 52.4 Å². The molecule has 4 rings (SSSR count). The summed E-state index contributed by atoms with van der Waals surface area (Å²) in [6.45, 7) is 3.15. The van der Waals surface area contributed by atoms with E-state index in [1.807, 2.05) is 12.1 Å². The molecule has 1 saturated heterocycles. The number of nitro benzene ring substituents is 1. The van der Waals surface area contributed by atoms with Crippen molar-refractivity contribution >= 4 is 5.69 Å². The predicted molar refractivity (Wildman–Crippen MR) is 79.4 cm³/mol. The van der Waals surface area contributed by atoms with E-state index in [9.17, 15) is 10.1 Å². The van der Waals surface area contributed by atoms with E-state index in [1.165, 1.54) is 24.0 Å². The van der Waals surface area contributed by atoms with Crippen LogP contribution < -0.4 is 0 Å². The molecule has 1 saturated carbocycles. The Labute approximate surface area is 124 Å². The summed E-state index contributed by atoms with van der Waals surface area (Å²) in [5.41, 5.74) is 2.75. The maximum absolute atomic E-state index is 11.1. The SMILES string of the molecule is C[C@@]12OCCC[C@@]13CCC[C@@H]2Cc1cc([N+](=O)[O-])ccc13. The van der Waals surface area contributed by atoms with Gasteiger partial charge in [-0.25, -0.2) is 0 Å². The molecule has 1 heterocycles. The smallest absolute Gasteiger partial charge is 0.269 e. The summed E-state index contributed by atoms with van der Waals surface area (Å²) in [6, 6.07) is 5.50. The fraction of sp³-hybridized carbons (Fsp3) is 0.647. The van der Waals surface area contributed by atoms with E-state index < -0.39 is 0 Å². The van der Waals surface area contributed by atoms with E-state index in [0.717, 1.165) is 32.3 Å². The molecule has 2 fully saturated rings. The fourth-order valence-electron chi connectivity index (χ4n) is 5.28. The van der Waals surface area contributed by atoms with Gasteiger partial charge in [0.25, 0.3) is 5.69 Å². The lowest BCUT2D eigenvalue weighted by Crippen LogP contribution is -2.63. The maximum atomic E-state index is 11.1. The average Bonchev–Trinajstić information content (AvgIpc) is 2.46. The predicted octanol–water partition coefficient (Wildman–Crippen LogP) is 3.76. The van der Waals surface area contributed by atoms with Crippen LogP contribution in [0.3, 0.4) is 0 Å². The van der Waals surface area contributed by atoms with Crippen molar-refractivity contribution in [1.29, 1.82) is 0 Å². The number of non-ortho nitro benzene ring substituents is 1. The summed E-state index contributed by atoms with van der Waals surface area (Å²) in [4.78, 5) is 10.8. The zero-order chi connectivity index (χ0) is 14.7. The first-order valence-corrected chi connectivity index (χ1v) is 7.99. The van der Waals surface area contributed by atoms with Gasteiger partial charge in [-0.05, 0) is 56.1 Å². The Morgan fingerprint density at radius 3 is 2.95 bits per heavy atom. The third-order valence-corrected chi connectivity index (χ3v) is 6.32. The van der Waals surface area contributed by atoms with E-state index in [0.29, 0.717) is 5.92 Å². The second-order valence-electron chi connectivity index (χ2n) is 7.03. The van der Waals surface area contributed by atoms with E-state index in [-0.39, 0.29) is 21.6 Å². The summed E-state index contributed by atoms with van der Waals surface area (Å²) in [7, 11) is 0. The largest absolute Gasteiger partial charge is 0.374 e. The van der Waals surface area contributed by atoms with Crippen molar-refractivity contribution in [2.75, 3.05) is 6.61 Å². The van der Waals surface area contributed by atoms with Crippen LogP contribution in [0, 0.1) is 16.0 Å². The molecule has 0 N–H and O–H groups in total. The van der Waals surface area contributed by atoms with E-state index in [1.54, 1.807) is 6.07 Å². The molecule has 1 aromatic carbocycles. The molecule has 4 nitrogen and oxygen atoms in total. The molecule has 112 valence electrons. The van der Waals surface area contributed by atoms with Gasteiger partial charge in [0.15, 0.2) is 0 Å². The van der Waals surface area contributed by atoms with Crippen molar-refractivity contribution in [3.8, 4) is 0 Å². The number of rotatable bonds is 1. The highest BCUT2D eigenvalue weighted by atomic mass is 16.6. The quantitative estimate of drug-likeness (QED) is 0.583. The van der Waals surface area contributed by atoms with Gasteiger partial charge in [-0.15, -0.1) is 0 Å². The lowest BCUT2D eigenvalue weighted by Gasteiger charge is -2.61. The Morgan fingerprint density at radius 2 is 2.14 bits per heavy atom. The molecule has 1 aromatic rings. The third kappa shape index (κ3) is 1.60. The first kappa shape index (κ1) is 13.3. The number of benzene rings is 1. The normalized spacial score (nSPS) is 37.5. The third-order valence-electron chi connectivity index (χ3n) is 6.32. The fourth-order valence-corrected chi connectivity index (χ4v) is 5.28. The lowest BCUT2D eigenvalue weighted by atomic mass is 9.49. The molecular formula is C17H21NO3. The van der Waals surface area contributed by atoms with Gasteiger partial charge in [-0.3, -0.25) is 10.1 Å². The van der Waals surface area contributed by atoms with Crippen molar-refractivity contribution < 1.29 is 9.66 Å². The zero-order valence-electron chi connectivity index (χ0n) is 12.4. The lowest BCUT2D eigenvalue weighted by molar-refractivity contribution is -0.385. The van der Waals surface area contributed by atoms with Gasteiger partial charge in [0.1, 0.15) is 0 Å². The van der Waals surface area contributed by atoms with Gasteiger partial charge < -0.3 is 4.74 Å². The number of hydrogen-bond donors (Lipinski definition) is 0. The Kier molecular flexibility index (Phi) is 2.71. The van der Waals surface area contributed by atoms with Gasteiger partial charge in [0, 0.05) is 24.2 Å². The van der Waals surface area contributed by atoms with Crippen LogP contribution >= 0.6 is 0 Å². The molecule has 21 heavy (non-hydrogen) atoms. The van der Waals surface area contributed by atoms with Gasteiger partial charge in [-0.1, -0.05) is 12.5 Å². The Hall–Kier alpha value is -1.42. The highest BCUT2D eigenvalue weighted by molar-refractivity contribution is 5.48. The molecule has 0 unspecified atom stereocenters. The van der Waals surface area contributed by atoms with Gasteiger partial charge in [0.2, 0.25) is 0 Å². The highest BCUT2D eigenvalue weighted by Crippen LogP contribution is 2.60. The molecule has 3 aliphatic rings. The van der Waals surface area contributed by atoms with Crippen LogP contribution in [0.1, 0.15) is 50.2 Å². The number of fused-ring (bicyclic) bond motifs is 1. The molecule has 0 aromatic heterocycles. The summed E-state index contributed by atoms with van der Waals surface area (Å²) in [6.07, 6.45) is 6.77. The van der Waals surface area contributed by atoms with Crippen LogP contribution in [0.4, 0.5) is 5.69 Å². The van der Waals surface area contributed by atoms with Gasteiger partial charge >= 0.3 is 0 Å². The van der Waals surface area contributed by atoms with Crippen LogP contribution in [-0.4, -0.2) is 17.1 Å². The second-order valence-corrected chi connectivity index (χ2v) is 7.03. The van der Waals surface area contributed by atoms with Crippen LogP contribution in [0.2, 0.25) is 0 Å². The van der Waals surface area contributed by atoms with Crippen LogP contribution in [-0.2, 0) is 16.6 Å². The molecule has 1 aliphatic heterocycles. The van der Waals surface area contributed by atoms with Crippen LogP contribution in [0.25, 0.3) is 0 Å². The Morgan fingerprint density at radius 1 is 1.33 bits per heavy atom. The number of hydrogen-bond acceptors (Lipinski definition) is 3. The monoisotopic (exact) mass is 287 g/mol. The molecule has 3 atom stereocenters. The Bertz CT molecular complexity index is 610. The summed E-state index contributed by atoms with van der Waals surface area (Å²) >= 11 is 0. The number of ether oxygens (including phenoxy) is 1. The van der Waals surface area contributed by atoms with E-state index in [4.69, 9.17) is 4.74 Å². The molecular weight excluding hydrogens is 266 g/mol. The molecule has 2 bridgehead atoms. The van der Waals surface area contributed by atoms with Crippen molar-refractivity contribution in [2.45, 2.75) is 56.5 Å². The zero-order valence-corrected chi connectivity index (χ0v) is 12.4. The van der Waals surface area contributed by atoms with Crippen molar-refractivity contribution in [3.05, 3.63) is 39.4 Å². The second kappa shape index (κ2) is 4.29. The number of nitrogens with zero attached hydrogens (tertiary/aromatic N) is 1. The molecule has 0 amide bonds. The van der Waals surface area contributed by atoms with Crippen molar-refractivity contribution in [1.82, 2.24) is 0 Å². The van der Waals surface area contributed by atoms with E-state index in [2.05, 4.69) is 6.92 Å². The van der Waals surface area contributed by atoms with Gasteiger partial charge in [-0.2, -0.15) is 0 Å². The summed E-state index contributed by atoms with van der Waals surface area (Å²) in [5.74, 6) is 0.501. The first-order valence-electron chi connectivity index (χ1n) is 7.99. The molecule has 0 radical (unpaired) electrons. The highest BCUT2D eigenvalue weighted by Gasteiger charge is 2.60.